The molecule has 0 saturated carbocycles. The highest BCUT2D eigenvalue weighted by Crippen LogP contribution is 2.20. The van der Waals surface area contributed by atoms with Crippen LogP contribution in [0.25, 0.3) is 0 Å². The van der Waals surface area contributed by atoms with E-state index in [4.69, 9.17) is 12.2 Å². The Balaban J connectivity index is 2.13. The van der Waals surface area contributed by atoms with Crippen LogP contribution in [0.4, 0.5) is 28.9 Å². The summed E-state index contributed by atoms with van der Waals surface area (Å²) in [6.45, 7) is 0. The van der Waals surface area contributed by atoms with E-state index < -0.39 is 23.3 Å². The Labute approximate surface area is 117 Å². The second-order valence-corrected chi connectivity index (χ2v) is 4.19. The number of anilines is 2. The molecule has 2 aromatic rings. The van der Waals surface area contributed by atoms with Gasteiger partial charge in [-0.3, -0.25) is 0 Å². The van der Waals surface area contributed by atoms with Crippen molar-refractivity contribution in [2.45, 2.75) is 0 Å². The SMILES string of the molecule is Fc1ccccc1NC(=S)Nc1ccc(F)c(F)c1F. The third-order valence-corrected chi connectivity index (χ3v) is 2.61. The summed E-state index contributed by atoms with van der Waals surface area (Å²) >= 11 is 4.84. The molecular formula is C13H8F4N2S. The Morgan fingerprint density at radius 3 is 2.10 bits per heavy atom. The highest BCUT2D eigenvalue weighted by molar-refractivity contribution is 7.80. The summed E-state index contributed by atoms with van der Waals surface area (Å²) in [5.41, 5.74) is -0.272. The lowest BCUT2D eigenvalue weighted by atomic mass is 10.3. The second kappa shape index (κ2) is 5.87. The zero-order valence-electron chi connectivity index (χ0n) is 9.88. The van der Waals surface area contributed by atoms with Gasteiger partial charge in [0.25, 0.3) is 0 Å². The van der Waals surface area contributed by atoms with Crippen molar-refractivity contribution in [1.82, 2.24) is 0 Å². The maximum atomic E-state index is 13.4. The van der Waals surface area contributed by atoms with Crippen molar-refractivity contribution < 1.29 is 17.6 Å². The summed E-state index contributed by atoms with van der Waals surface area (Å²) in [5, 5.41) is 4.66. The average molecular weight is 300 g/mol. The fraction of sp³-hybridized carbons (Fsp3) is 0. The topological polar surface area (TPSA) is 24.1 Å². The first-order valence-electron chi connectivity index (χ1n) is 5.45. The Kier molecular flexibility index (Phi) is 4.19. The van der Waals surface area contributed by atoms with Gasteiger partial charge in [0.1, 0.15) is 5.82 Å². The molecule has 2 N–H and O–H groups in total. The smallest absolute Gasteiger partial charge is 0.196 e. The van der Waals surface area contributed by atoms with Gasteiger partial charge in [-0.05, 0) is 36.5 Å². The van der Waals surface area contributed by atoms with Crippen LogP contribution in [0.2, 0.25) is 0 Å². The number of para-hydroxylation sites is 1. The Hall–Kier alpha value is -2.15. The highest BCUT2D eigenvalue weighted by Gasteiger charge is 2.14. The standard InChI is InChI=1S/C13H8F4N2S/c14-7-3-1-2-4-9(7)18-13(20)19-10-6-5-8(15)11(16)12(10)17/h1-6H,(H2,18,19,20). The molecule has 0 bridgehead atoms. The molecule has 0 aromatic heterocycles. The minimum absolute atomic E-state index is 0.0768. The van der Waals surface area contributed by atoms with Gasteiger partial charge in [-0.2, -0.15) is 0 Å². The van der Waals surface area contributed by atoms with Crippen LogP contribution in [-0.2, 0) is 0 Å². The summed E-state index contributed by atoms with van der Waals surface area (Å²) in [7, 11) is 0. The number of benzene rings is 2. The van der Waals surface area contributed by atoms with Crippen LogP contribution in [0, 0.1) is 23.3 Å². The summed E-state index contributed by atoms with van der Waals surface area (Å²) in [6, 6.07) is 7.45. The van der Waals surface area contributed by atoms with E-state index in [1.165, 1.54) is 18.2 Å². The Morgan fingerprint density at radius 2 is 1.40 bits per heavy atom. The number of hydrogen-bond donors (Lipinski definition) is 2. The molecule has 0 radical (unpaired) electrons. The minimum Gasteiger partial charge on any atom is -0.330 e. The Bertz CT molecular complexity index is 661. The van der Waals surface area contributed by atoms with Crippen LogP contribution in [0.3, 0.4) is 0 Å². The van der Waals surface area contributed by atoms with E-state index in [-0.39, 0.29) is 16.5 Å². The summed E-state index contributed by atoms with van der Waals surface area (Å²) < 4.78 is 52.5. The van der Waals surface area contributed by atoms with Gasteiger partial charge in [-0.1, -0.05) is 12.1 Å². The molecule has 0 aliphatic heterocycles. The predicted molar refractivity (Wildman–Crippen MR) is 72.6 cm³/mol. The van der Waals surface area contributed by atoms with Gasteiger partial charge >= 0.3 is 0 Å². The lowest BCUT2D eigenvalue weighted by Gasteiger charge is -2.12. The summed E-state index contributed by atoms with van der Waals surface area (Å²) in [4.78, 5) is 0. The van der Waals surface area contributed by atoms with E-state index in [0.29, 0.717) is 0 Å². The molecule has 0 atom stereocenters. The summed E-state index contributed by atoms with van der Waals surface area (Å²) in [6.07, 6.45) is 0. The largest absolute Gasteiger partial charge is 0.330 e. The molecule has 0 fully saturated rings. The molecular weight excluding hydrogens is 292 g/mol. The van der Waals surface area contributed by atoms with Crippen molar-refractivity contribution >= 4 is 28.7 Å². The van der Waals surface area contributed by atoms with Gasteiger partial charge in [0.15, 0.2) is 22.6 Å². The first-order valence-corrected chi connectivity index (χ1v) is 5.86. The number of nitrogens with one attached hydrogen (secondary N) is 2. The van der Waals surface area contributed by atoms with Gasteiger partial charge in [0.2, 0.25) is 0 Å². The normalized spacial score (nSPS) is 10.2. The fourth-order valence-electron chi connectivity index (χ4n) is 1.46. The van der Waals surface area contributed by atoms with Gasteiger partial charge in [0.05, 0.1) is 11.4 Å². The maximum absolute atomic E-state index is 13.4. The fourth-order valence-corrected chi connectivity index (χ4v) is 1.68. The van der Waals surface area contributed by atoms with Gasteiger partial charge in [-0.15, -0.1) is 0 Å². The Morgan fingerprint density at radius 1 is 0.750 bits per heavy atom. The number of halogens is 4. The summed E-state index contributed by atoms with van der Waals surface area (Å²) in [5.74, 6) is -4.87. The molecule has 7 heteroatoms. The first kappa shape index (κ1) is 14.3. The third kappa shape index (κ3) is 3.05. The first-order chi connectivity index (χ1) is 9.49. The van der Waals surface area contributed by atoms with Gasteiger partial charge < -0.3 is 10.6 Å². The molecule has 0 unspecified atom stereocenters. The van der Waals surface area contributed by atoms with Crippen LogP contribution < -0.4 is 10.6 Å². The molecule has 2 rings (SSSR count). The molecule has 0 spiro atoms. The minimum atomic E-state index is -1.61. The van der Waals surface area contributed by atoms with E-state index in [1.54, 1.807) is 6.07 Å². The number of hydrogen-bond acceptors (Lipinski definition) is 1. The second-order valence-electron chi connectivity index (χ2n) is 3.78. The maximum Gasteiger partial charge on any atom is 0.196 e. The highest BCUT2D eigenvalue weighted by atomic mass is 32.1. The van der Waals surface area contributed by atoms with Crippen LogP contribution >= 0.6 is 12.2 Å². The van der Waals surface area contributed by atoms with Gasteiger partial charge in [0, 0.05) is 0 Å². The molecule has 2 nitrogen and oxygen atoms in total. The lowest BCUT2D eigenvalue weighted by Crippen LogP contribution is -2.20. The molecule has 0 amide bonds. The molecule has 104 valence electrons. The molecule has 2 aromatic carbocycles. The van der Waals surface area contributed by atoms with Crippen LogP contribution in [0.15, 0.2) is 36.4 Å². The predicted octanol–water partition coefficient (Wildman–Crippen LogP) is 4.05. The molecule has 0 aliphatic rings. The van der Waals surface area contributed by atoms with Gasteiger partial charge in [-0.25, -0.2) is 17.6 Å². The number of rotatable bonds is 2. The van der Waals surface area contributed by atoms with E-state index >= 15 is 0 Å². The van der Waals surface area contributed by atoms with Crippen LogP contribution in [0.5, 0.6) is 0 Å². The monoisotopic (exact) mass is 300 g/mol. The van der Waals surface area contributed by atoms with Crippen LogP contribution in [0.1, 0.15) is 0 Å². The van der Waals surface area contributed by atoms with Crippen molar-refractivity contribution in [3.8, 4) is 0 Å². The third-order valence-electron chi connectivity index (χ3n) is 2.41. The quantitative estimate of drug-likeness (QED) is 0.497. The van der Waals surface area contributed by atoms with E-state index in [9.17, 15) is 17.6 Å². The van der Waals surface area contributed by atoms with E-state index in [2.05, 4.69) is 10.6 Å². The lowest BCUT2D eigenvalue weighted by molar-refractivity contribution is 0.449. The van der Waals surface area contributed by atoms with E-state index in [0.717, 1.165) is 12.1 Å². The number of thiocarbonyl (C=S) groups is 1. The molecule has 0 aliphatic carbocycles. The van der Waals surface area contributed by atoms with Crippen molar-refractivity contribution in [2.75, 3.05) is 10.6 Å². The van der Waals surface area contributed by atoms with Crippen molar-refractivity contribution in [2.24, 2.45) is 0 Å². The molecule has 20 heavy (non-hydrogen) atoms. The van der Waals surface area contributed by atoms with Crippen LogP contribution in [-0.4, -0.2) is 5.11 Å². The zero-order valence-corrected chi connectivity index (χ0v) is 10.7. The van der Waals surface area contributed by atoms with Crippen molar-refractivity contribution in [3.63, 3.8) is 0 Å². The van der Waals surface area contributed by atoms with E-state index in [1.807, 2.05) is 0 Å². The average Bonchev–Trinajstić information content (AvgIpc) is 2.42. The van der Waals surface area contributed by atoms with Crippen molar-refractivity contribution in [1.29, 1.82) is 0 Å². The zero-order chi connectivity index (χ0) is 14.7. The molecule has 0 heterocycles. The van der Waals surface area contributed by atoms with Crippen molar-refractivity contribution in [3.05, 3.63) is 59.7 Å². The molecule has 0 saturated heterocycles.